The minimum atomic E-state index is -0.509. The molecule has 0 saturated heterocycles. The van der Waals surface area contributed by atoms with E-state index in [1.807, 2.05) is 55.4 Å². The number of nitrogens with zero attached hydrogens (tertiary/aromatic N) is 2. The second-order valence-corrected chi connectivity index (χ2v) is 11.5. The van der Waals surface area contributed by atoms with Crippen LogP contribution in [0.25, 0.3) is 10.8 Å². The van der Waals surface area contributed by atoms with Gasteiger partial charge < -0.3 is 11.5 Å². The van der Waals surface area contributed by atoms with Gasteiger partial charge in [-0.1, -0.05) is 0 Å². The van der Waals surface area contributed by atoms with E-state index in [0.717, 1.165) is 44.5 Å². The van der Waals surface area contributed by atoms with Gasteiger partial charge in [-0.3, -0.25) is 19.2 Å². The van der Waals surface area contributed by atoms with Gasteiger partial charge in [-0.2, -0.15) is 0 Å². The first-order chi connectivity index (χ1) is 19.7. The van der Waals surface area contributed by atoms with Gasteiger partial charge in [0.1, 0.15) is 0 Å². The molecule has 0 aromatic heterocycles. The van der Waals surface area contributed by atoms with Crippen molar-refractivity contribution in [3.8, 4) is 0 Å². The third-order valence-electron chi connectivity index (χ3n) is 9.63. The van der Waals surface area contributed by atoms with Crippen LogP contribution < -0.4 is 21.3 Å². The van der Waals surface area contributed by atoms with E-state index in [1.54, 1.807) is 24.3 Å². The lowest BCUT2D eigenvalue weighted by Crippen LogP contribution is -2.44. The summed E-state index contributed by atoms with van der Waals surface area (Å²) in [6, 6.07) is 6.33. The Balaban J connectivity index is 1.58. The van der Waals surface area contributed by atoms with E-state index in [2.05, 4.69) is 0 Å². The molecule has 8 heteroatoms. The van der Waals surface area contributed by atoms with Gasteiger partial charge in [0.25, 0.3) is 23.6 Å². The SMILES string of the molecule is Cc1c(C)c(N2C(=O)c3ccc4c5c(ccc(c35)C2=O)C(=O)N(c2c(C)c(C)c(N)c(C)c2C)C4=O)c(C)c(C)c1N. The number of nitrogens with two attached hydrogens (primary N) is 2. The van der Waals surface area contributed by atoms with Crippen LogP contribution in [-0.4, -0.2) is 23.6 Å². The van der Waals surface area contributed by atoms with Gasteiger partial charge in [0.15, 0.2) is 0 Å². The Morgan fingerprint density at radius 3 is 0.833 bits per heavy atom. The van der Waals surface area contributed by atoms with Gasteiger partial charge in [-0.05, 0) is 124 Å². The highest BCUT2D eigenvalue weighted by atomic mass is 16.2. The van der Waals surface area contributed by atoms with Gasteiger partial charge in [0, 0.05) is 44.4 Å². The Bertz CT molecular complexity index is 1750. The summed E-state index contributed by atoms with van der Waals surface area (Å²) in [6.45, 7) is 14.9. The van der Waals surface area contributed by atoms with Crippen LogP contribution in [0.2, 0.25) is 0 Å². The molecule has 4 aromatic carbocycles. The first-order valence-electron chi connectivity index (χ1n) is 13.8. The molecule has 0 unspecified atom stereocenters. The molecule has 0 spiro atoms. The van der Waals surface area contributed by atoms with Crippen LogP contribution in [0, 0.1) is 55.4 Å². The van der Waals surface area contributed by atoms with Gasteiger partial charge in [0.2, 0.25) is 0 Å². The number of carbonyl (C=O) groups is 4. The fraction of sp³-hybridized carbons (Fsp3) is 0.235. The standard InChI is InChI=1S/C34H32N4O4/c1-13-17(5)29(18(6)14(2)27(13)35)37-31(39)21-9-11-23-26-24(12-10-22(25(21)26)32(37)40)34(42)38(33(23)41)30-19(7)15(3)28(36)16(4)20(30)8/h9-12H,35-36H2,1-8H3. The Hall–Kier alpha value is -4.98. The molecule has 0 aliphatic carbocycles. The lowest BCUT2D eigenvalue weighted by molar-refractivity contribution is 0.0872. The first-order valence-corrected chi connectivity index (χ1v) is 13.8. The maximum atomic E-state index is 14.1. The summed E-state index contributed by atoms with van der Waals surface area (Å²) >= 11 is 0. The summed E-state index contributed by atoms with van der Waals surface area (Å²) in [5.74, 6) is -2.04. The average Bonchev–Trinajstić information content (AvgIpc) is 2.97. The summed E-state index contributed by atoms with van der Waals surface area (Å²) in [7, 11) is 0. The predicted octanol–water partition coefficient (Wildman–Crippen LogP) is 6.07. The summed E-state index contributed by atoms with van der Waals surface area (Å²) in [4.78, 5) is 58.7. The smallest absolute Gasteiger partial charge is 0.266 e. The lowest BCUT2D eigenvalue weighted by atomic mass is 9.84. The molecular formula is C34H32N4O4. The largest absolute Gasteiger partial charge is 0.398 e. The van der Waals surface area contributed by atoms with Gasteiger partial charge in [-0.15, -0.1) is 0 Å². The molecule has 2 heterocycles. The van der Waals surface area contributed by atoms with Crippen LogP contribution in [0.1, 0.15) is 85.9 Å². The molecule has 6 rings (SSSR count). The van der Waals surface area contributed by atoms with E-state index in [4.69, 9.17) is 11.5 Å². The van der Waals surface area contributed by atoms with Crippen LogP contribution in [0.15, 0.2) is 24.3 Å². The van der Waals surface area contributed by atoms with E-state index in [-0.39, 0.29) is 22.3 Å². The van der Waals surface area contributed by atoms with Crippen LogP contribution in [0.4, 0.5) is 22.7 Å². The molecular weight excluding hydrogens is 528 g/mol. The van der Waals surface area contributed by atoms with Crippen LogP contribution in [0.5, 0.6) is 0 Å². The number of imide groups is 2. The highest BCUT2D eigenvalue weighted by Crippen LogP contribution is 2.44. The Morgan fingerprint density at radius 1 is 0.405 bits per heavy atom. The van der Waals surface area contributed by atoms with Crippen LogP contribution >= 0.6 is 0 Å². The summed E-state index contributed by atoms with van der Waals surface area (Å²) in [6.07, 6.45) is 0. The quantitative estimate of drug-likeness (QED) is 0.226. The third-order valence-corrected chi connectivity index (χ3v) is 9.63. The molecule has 0 atom stereocenters. The normalized spacial score (nSPS) is 14.5. The van der Waals surface area contributed by atoms with Crippen molar-refractivity contribution in [3.05, 3.63) is 91.0 Å². The van der Waals surface area contributed by atoms with Crippen molar-refractivity contribution in [2.75, 3.05) is 21.3 Å². The number of carbonyl (C=O) groups excluding carboxylic acids is 4. The fourth-order valence-corrected chi connectivity index (χ4v) is 6.60. The number of rotatable bonds is 2. The second-order valence-electron chi connectivity index (χ2n) is 11.5. The van der Waals surface area contributed by atoms with Gasteiger partial charge >= 0.3 is 0 Å². The van der Waals surface area contributed by atoms with E-state index in [0.29, 0.717) is 33.5 Å². The Labute approximate surface area is 243 Å². The highest BCUT2D eigenvalue weighted by molar-refractivity contribution is 6.42. The molecule has 0 saturated carbocycles. The maximum absolute atomic E-state index is 14.1. The van der Waals surface area contributed by atoms with Crippen molar-refractivity contribution in [3.63, 3.8) is 0 Å². The summed E-state index contributed by atoms with van der Waals surface area (Å²) < 4.78 is 0. The molecule has 2 aliphatic heterocycles. The Kier molecular flexibility index (Phi) is 5.67. The minimum absolute atomic E-state index is 0.261. The fourth-order valence-electron chi connectivity index (χ4n) is 6.60. The van der Waals surface area contributed by atoms with Gasteiger partial charge in [0.05, 0.1) is 11.4 Å². The summed E-state index contributed by atoms with van der Waals surface area (Å²) in [5.41, 5.74) is 22.1. The molecule has 8 nitrogen and oxygen atoms in total. The second kappa shape index (κ2) is 8.76. The topological polar surface area (TPSA) is 127 Å². The van der Waals surface area contributed by atoms with Crippen molar-refractivity contribution < 1.29 is 19.2 Å². The van der Waals surface area contributed by atoms with E-state index < -0.39 is 23.6 Å². The lowest BCUT2D eigenvalue weighted by Gasteiger charge is -2.34. The molecule has 4 amide bonds. The number of benzene rings is 4. The van der Waals surface area contributed by atoms with E-state index >= 15 is 0 Å². The summed E-state index contributed by atoms with van der Waals surface area (Å²) in [5, 5.41) is 0.657. The van der Waals surface area contributed by atoms with E-state index in [1.165, 1.54) is 9.80 Å². The highest BCUT2D eigenvalue weighted by Gasteiger charge is 2.42. The van der Waals surface area contributed by atoms with Gasteiger partial charge in [-0.25, -0.2) is 9.80 Å². The number of anilines is 4. The number of nitrogen functional groups attached to an aromatic ring is 2. The molecule has 0 bridgehead atoms. The maximum Gasteiger partial charge on any atom is 0.266 e. The predicted molar refractivity (Wildman–Crippen MR) is 166 cm³/mol. The first kappa shape index (κ1) is 27.2. The molecule has 2 aliphatic rings. The molecule has 4 aromatic rings. The minimum Gasteiger partial charge on any atom is -0.398 e. The van der Waals surface area contributed by atoms with Crippen molar-refractivity contribution in [2.45, 2.75) is 55.4 Å². The zero-order chi connectivity index (χ0) is 30.7. The monoisotopic (exact) mass is 560 g/mol. The van der Waals surface area contributed by atoms with E-state index in [9.17, 15) is 19.2 Å². The molecule has 4 N–H and O–H groups in total. The average molecular weight is 561 g/mol. The number of amides is 4. The van der Waals surface area contributed by atoms with Crippen molar-refractivity contribution in [1.82, 2.24) is 0 Å². The molecule has 42 heavy (non-hydrogen) atoms. The molecule has 0 fully saturated rings. The third kappa shape index (κ3) is 3.17. The number of hydrogen-bond acceptors (Lipinski definition) is 6. The number of hydrogen-bond donors (Lipinski definition) is 2. The van der Waals surface area contributed by atoms with Crippen molar-refractivity contribution >= 4 is 57.2 Å². The van der Waals surface area contributed by atoms with Crippen LogP contribution in [0.3, 0.4) is 0 Å². The molecule has 0 radical (unpaired) electrons. The van der Waals surface area contributed by atoms with Crippen molar-refractivity contribution in [2.24, 2.45) is 0 Å². The zero-order valence-electron chi connectivity index (χ0n) is 25.0. The zero-order valence-corrected chi connectivity index (χ0v) is 25.0. The van der Waals surface area contributed by atoms with Crippen molar-refractivity contribution in [1.29, 1.82) is 0 Å². The Morgan fingerprint density at radius 2 is 0.619 bits per heavy atom. The van der Waals surface area contributed by atoms with Crippen LogP contribution in [-0.2, 0) is 0 Å². The molecule has 212 valence electrons.